The lowest BCUT2D eigenvalue weighted by molar-refractivity contribution is 0.118. The second-order valence-electron chi connectivity index (χ2n) is 9.97. The molecule has 0 aliphatic heterocycles. The monoisotopic (exact) mass is 534 g/mol. The van der Waals surface area contributed by atoms with Crippen LogP contribution < -0.4 is 0 Å². The molecule has 2 heterocycles. The summed E-state index contributed by atoms with van der Waals surface area (Å²) < 4.78 is 14.9. The van der Waals surface area contributed by atoms with E-state index < -0.39 is 14.5 Å². The summed E-state index contributed by atoms with van der Waals surface area (Å²) in [6.45, 7) is 16.5. The van der Waals surface area contributed by atoms with Crippen LogP contribution in [0.5, 0.6) is 0 Å². The number of fused-ring (bicyclic) bond motifs is 1. The standard InChI is InChI=1S/C26H39BrN2O3Si/c1-17(2)33(18(3)4,19(5)6)32-14-9-8-10-24-28-25(26(27)29(24)20(7)30)22-12-11-21-13-15-31-23(21)16-22/h11-13,15-20,30H,8-10,14H2,1-7H3. The van der Waals surface area contributed by atoms with Gasteiger partial charge in [0, 0.05) is 24.0 Å². The topological polar surface area (TPSA) is 60.4 Å². The van der Waals surface area contributed by atoms with E-state index in [9.17, 15) is 5.11 Å². The Balaban J connectivity index is 1.71. The number of furan rings is 1. The number of unbranched alkanes of at least 4 members (excludes halogenated alkanes) is 1. The van der Waals surface area contributed by atoms with Crippen molar-refractivity contribution in [3.05, 3.63) is 41.0 Å². The van der Waals surface area contributed by atoms with Gasteiger partial charge in [0.05, 0.1) is 6.26 Å². The number of aromatic nitrogens is 2. The minimum Gasteiger partial charge on any atom is -0.464 e. The van der Waals surface area contributed by atoms with Gasteiger partial charge in [-0.25, -0.2) is 4.98 Å². The van der Waals surface area contributed by atoms with E-state index in [1.165, 1.54) is 0 Å². The average Bonchev–Trinajstić information content (AvgIpc) is 3.33. The summed E-state index contributed by atoms with van der Waals surface area (Å²) in [7, 11) is -1.83. The smallest absolute Gasteiger partial charge is 0.200 e. The normalized spacial score (nSPS) is 13.7. The molecule has 0 fully saturated rings. The maximum Gasteiger partial charge on any atom is 0.200 e. The van der Waals surface area contributed by atoms with Gasteiger partial charge in [-0.05, 0) is 64.5 Å². The quantitative estimate of drug-likeness (QED) is 0.199. The third-order valence-corrected chi connectivity index (χ3v) is 13.8. The Morgan fingerprint density at radius 2 is 1.70 bits per heavy atom. The first-order valence-corrected chi connectivity index (χ1v) is 15.1. The lowest BCUT2D eigenvalue weighted by atomic mass is 10.1. The molecule has 1 aromatic carbocycles. The first kappa shape index (κ1) is 26.2. The van der Waals surface area contributed by atoms with Crippen LogP contribution in [0.15, 0.2) is 39.5 Å². The molecule has 1 atom stereocenters. The predicted molar refractivity (Wildman–Crippen MR) is 142 cm³/mol. The zero-order valence-electron chi connectivity index (χ0n) is 21.1. The SMILES string of the molecule is CC(O)n1c(CCCCO[Si](C(C)C)(C(C)C)C(C)C)nc(-c2ccc3ccoc3c2)c1Br. The molecule has 0 saturated carbocycles. The number of aliphatic hydroxyl groups is 1. The van der Waals surface area contributed by atoms with E-state index in [1.807, 2.05) is 28.8 Å². The van der Waals surface area contributed by atoms with Gasteiger partial charge in [-0.2, -0.15) is 0 Å². The van der Waals surface area contributed by atoms with Crippen LogP contribution in [0.1, 0.15) is 73.4 Å². The van der Waals surface area contributed by atoms with Crippen molar-refractivity contribution >= 4 is 35.2 Å². The van der Waals surface area contributed by atoms with Crippen molar-refractivity contribution in [3.63, 3.8) is 0 Å². The van der Waals surface area contributed by atoms with E-state index in [0.717, 1.165) is 58.5 Å². The zero-order chi connectivity index (χ0) is 24.3. The number of hydrogen-bond acceptors (Lipinski definition) is 4. The Bertz CT molecular complexity index is 1030. The Kier molecular flexibility index (Phi) is 8.64. The van der Waals surface area contributed by atoms with E-state index in [-0.39, 0.29) is 0 Å². The lowest BCUT2D eigenvalue weighted by Crippen LogP contribution is -2.47. The fraction of sp³-hybridized carbons (Fsp3) is 0.577. The fourth-order valence-corrected chi connectivity index (χ4v) is 11.7. The van der Waals surface area contributed by atoms with Gasteiger partial charge in [-0.3, -0.25) is 4.57 Å². The number of nitrogens with zero attached hydrogens (tertiary/aromatic N) is 2. The number of benzene rings is 1. The summed E-state index contributed by atoms with van der Waals surface area (Å²) in [6, 6.07) is 8.03. The molecule has 1 unspecified atom stereocenters. The van der Waals surface area contributed by atoms with Crippen LogP contribution in [-0.2, 0) is 10.8 Å². The van der Waals surface area contributed by atoms with Gasteiger partial charge in [0.2, 0.25) is 0 Å². The summed E-state index contributed by atoms with van der Waals surface area (Å²) >= 11 is 3.68. The summed E-state index contributed by atoms with van der Waals surface area (Å²) in [6.07, 6.45) is 3.77. The number of halogens is 1. The minimum atomic E-state index is -1.83. The first-order valence-electron chi connectivity index (χ1n) is 12.2. The van der Waals surface area contributed by atoms with Crippen LogP contribution in [0.2, 0.25) is 16.6 Å². The average molecular weight is 536 g/mol. The van der Waals surface area contributed by atoms with Crippen molar-refractivity contribution in [1.29, 1.82) is 0 Å². The molecule has 0 aliphatic rings. The zero-order valence-corrected chi connectivity index (χ0v) is 23.6. The largest absolute Gasteiger partial charge is 0.464 e. The molecule has 3 rings (SSSR count). The molecule has 1 N–H and O–H groups in total. The number of imidazole rings is 1. The highest BCUT2D eigenvalue weighted by Gasteiger charge is 2.44. The molecule has 0 aliphatic carbocycles. The molecule has 2 aromatic heterocycles. The molecule has 3 aromatic rings. The molecule has 5 nitrogen and oxygen atoms in total. The van der Waals surface area contributed by atoms with Crippen molar-refractivity contribution in [2.75, 3.05) is 6.61 Å². The van der Waals surface area contributed by atoms with Crippen LogP contribution in [0.3, 0.4) is 0 Å². The van der Waals surface area contributed by atoms with Crippen LogP contribution in [0.25, 0.3) is 22.2 Å². The molecule has 0 saturated heterocycles. The van der Waals surface area contributed by atoms with Gasteiger partial charge in [0.15, 0.2) is 8.32 Å². The van der Waals surface area contributed by atoms with Crippen LogP contribution in [0, 0.1) is 0 Å². The third kappa shape index (κ3) is 5.31. The molecule has 33 heavy (non-hydrogen) atoms. The Labute approximate surface area is 207 Å². The number of aryl methyl sites for hydroxylation is 1. The highest BCUT2D eigenvalue weighted by molar-refractivity contribution is 9.10. The molecular weight excluding hydrogens is 496 g/mol. The van der Waals surface area contributed by atoms with Gasteiger partial charge in [-0.15, -0.1) is 0 Å². The maximum atomic E-state index is 10.4. The lowest BCUT2D eigenvalue weighted by Gasteiger charge is -2.42. The Morgan fingerprint density at radius 3 is 2.30 bits per heavy atom. The minimum absolute atomic E-state index is 0.594. The molecule has 0 bridgehead atoms. The van der Waals surface area contributed by atoms with Gasteiger partial charge in [0.1, 0.15) is 27.9 Å². The Hall–Kier alpha value is -1.41. The summed E-state index contributed by atoms with van der Waals surface area (Å²) in [5, 5.41) is 11.5. The van der Waals surface area contributed by atoms with E-state index in [1.54, 1.807) is 13.2 Å². The van der Waals surface area contributed by atoms with Crippen molar-refractivity contribution < 1.29 is 13.9 Å². The van der Waals surface area contributed by atoms with Crippen molar-refractivity contribution in [2.45, 2.75) is 90.6 Å². The molecule has 182 valence electrons. The Morgan fingerprint density at radius 1 is 1.03 bits per heavy atom. The highest BCUT2D eigenvalue weighted by atomic mass is 79.9. The molecule has 0 spiro atoms. The van der Waals surface area contributed by atoms with E-state index in [2.05, 4.69) is 57.5 Å². The number of rotatable bonds is 11. The predicted octanol–water partition coefficient (Wildman–Crippen LogP) is 8.08. The molecule has 7 heteroatoms. The summed E-state index contributed by atoms with van der Waals surface area (Å²) in [4.78, 5) is 4.91. The van der Waals surface area contributed by atoms with Crippen LogP contribution in [0.4, 0.5) is 0 Å². The number of aliphatic hydroxyl groups excluding tert-OH is 1. The highest BCUT2D eigenvalue weighted by Crippen LogP contribution is 2.42. The fourth-order valence-electron chi connectivity index (χ4n) is 5.43. The second-order valence-corrected chi connectivity index (χ2v) is 16.2. The van der Waals surface area contributed by atoms with Gasteiger partial charge in [0.25, 0.3) is 0 Å². The second kappa shape index (κ2) is 10.9. The van der Waals surface area contributed by atoms with E-state index in [0.29, 0.717) is 16.6 Å². The maximum absolute atomic E-state index is 10.4. The molecular formula is C26H39BrN2O3Si. The molecule has 0 radical (unpaired) electrons. The number of hydrogen-bond donors (Lipinski definition) is 1. The van der Waals surface area contributed by atoms with Gasteiger partial charge in [-0.1, -0.05) is 53.7 Å². The van der Waals surface area contributed by atoms with Crippen LogP contribution >= 0.6 is 15.9 Å². The van der Waals surface area contributed by atoms with Gasteiger partial charge < -0.3 is 13.9 Å². The van der Waals surface area contributed by atoms with Gasteiger partial charge >= 0.3 is 0 Å². The van der Waals surface area contributed by atoms with E-state index in [4.69, 9.17) is 13.8 Å². The summed E-state index contributed by atoms with van der Waals surface area (Å²) in [5.74, 6) is 0.881. The first-order chi connectivity index (χ1) is 15.6. The summed E-state index contributed by atoms with van der Waals surface area (Å²) in [5.41, 5.74) is 4.41. The van der Waals surface area contributed by atoms with Crippen molar-refractivity contribution in [3.8, 4) is 11.3 Å². The van der Waals surface area contributed by atoms with Crippen molar-refractivity contribution in [1.82, 2.24) is 9.55 Å². The van der Waals surface area contributed by atoms with Crippen LogP contribution in [-0.4, -0.2) is 29.6 Å². The van der Waals surface area contributed by atoms with Crippen molar-refractivity contribution in [2.24, 2.45) is 0 Å². The molecule has 0 amide bonds. The van der Waals surface area contributed by atoms with E-state index >= 15 is 0 Å². The third-order valence-electron chi connectivity index (χ3n) is 6.88.